The average Bonchev–Trinajstić information content (AvgIpc) is 3.14. The summed E-state index contributed by atoms with van der Waals surface area (Å²) in [5.41, 5.74) is 1.93. The van der Waals surface area contributed by atoms with E-state index in [4.69, 9.17) is 15.0 Å². The van der Waals surface area contributed by atoms with E-state index in [1.54, 1.807) is 17.0 Å². The molecule has 0 radical (unpaired) electrons. The highest BCUT2D eigenvalue weighted by Crippen LogP contribution is 2.37. The summed E-state index contributed by atoms with van der Waals surface area (Å²) in [5.74, 6) is -0.222. The molecule has 1 heterocycles. The number of nitrogens with zero attached hydrogens (tertiary/aromatic N) is 1. The summed E-state index contributed by atoms with van der Waals surface area (Å²) in [5, 5.41) is 0. The third kappa shape index (κ3) is 3.93. The molecule has 4 rings (SSSR count). The second-order valence-corrected chi connectivity index (χ2v) is 7.39. The van der Waals surface area contributed by atoms with Crippen molar-refractivity contribution in [2.45, 2.75) is 25.6 Å². The number of hydrogen-bond donors (Lipinski definition) is 0. The first-order valence-corrected chi connectivity index (χ1v) is 9.79. The minimum absolute atomic E-state index is 0.193. The molecular weight excluding hydrogens is 350 g/mol. The van der Waals surface area contributed by atoms with Gasteiger partial charge in [-0.3, -0.25) is 4.79 Å². The van der Waals surface area contributed by atoms with Crippen LogP contribution in [0.1, 0.15) is 39.8 Å². The minimum Gasteiger partial charge on any atom is -0.493 e. The number of likely N-dealkylation sites (tertiary alicyclic amines) is 1. The van der Waals surface area contributed by atoms with E-state index in [0.717, 1.165) is 5.56 Å². The van der Waals surface area contributed by atoms with Gasteiger partial charge in [0.1, 0.15) is 0 Å². The molecule has 1 aliphatic heterocycles. The quantitative estimate of drug-likeness (QED) is 0.755. The third-order valence-corrected chi connectivity index (χ3v) is 5.59. The Labute approximate surface area is 173 Å². The molecule has 0 aromatic heterocycles. The fraction of sp³-hybridized carbons (Fsp3) is 0.458. The van der Waals surface area contributed by atoms with E-state index in [9.17, 15) is 4.79 Å². The Morgan fingerprint density at radius 3 is 2.43 bits per heavy atom. The second-order valence-electron chi connectivity index (χ2n) is 7.39. The highest BCUT2D eigenvalue weighted by atomic mass is 16.5. The number of fused-ring (bicyclic) bond motifs is 1. The fourth-order valence-electron chi connectivity index (χ4n) is 4.07. The van der Waals surface area contributed by atoms with Crippen LogP contribution in [0.3, 0.4) is 0 Å². The second kappa shape index (κ2) is 8.36. The Bertz CT molecular complexity index is 988. The molecule has 1 fully saturated rings. The fourth-order valence-corrected chi connectivity index (χ4v) is 4.07. The molecular formula is C24H29NO3. The first-order valence-electron chi connectivity index (χ1n) is 11.8. The van der Waals surface area contributed by atoms with Crippen LogP contribution in [0.2, 0.25) is 0 Å². The minimum atomic E-state index is -1.82. The molecule has 0 spiro atoms. The zero-order valence-electron chi connectivity index (χ0n) is 20.4. The van der Waals surface area contributed by atoms with Crippen LogP contribution in [0.5, 0.6) is 11.5 Å². The van der Waals surface area contributed by atoms with E-state index in [2.05, 4.69) is 0 Å². The lowest BCUT2D eigenvalue weighted by atomic mass is 9.89. The maximum Gasteiger partial charge on any atom is 0.167 e. The SMILES string of the molecule is [2H]C([2H])(c1ccccc1)C1CCN(C([2H])([2H])C2Cc3cc(OC)c(OC)cc3C2=O)CC1. The summed E-state index contributed by atoms with van der Waals surface area (Å²) in [6.07, 6.45) is -0.0767. The van der Waals surface area contributed by atoms with Crippen LogP contribution in [0.25, 0.3) is 0 Å². The Morgan fingerprint density at radius 2 is 1.75 bits per heavy atom. The van der Waals surface area contributed by atoms with Crippen LogP contribution < -0.4 is 9.47 Å². The molecule has 1 saturated heterocycles. The Morgan fingerprint density at radius 1 is 1.07 bits per heavy atom. The van der Waals surface area contributed by atoms with Crippen molar-refractivity contribution in [3.8, 4) is 11.5 Å². The van der Waals surface area contributed by atoms with Crippen molar-refractivity contribution in [3.05, 3.63) is 59.2 Å². The summed E-state index contributed by atoms with van der Waals surface area (Å²) in [6, 6.07) is 12.6. The summed E-state index contributed by atoms with van der Waals surface area (Å²) in [7, 11) is 3.05. The predicted octanol–water partition coefficient (Wildman–Crippen LogP) is 4.01. The molecule has 1 atom stereocenters. The van der Waals surface area contributed by atoms with E-state index in [-0.39, 0.29) is 11.7 Å². The number of carbonyl (C=O) groups excluding carboxylic acids is 1. The van der Waals surface area contributed by atoms with Crippen molar-refractivity contribution in [3.63, 3.8) is 0 Å². The molecule has 1 unspecified atom stereocenters. The van der Waals surface area contributed by atoms with Crippen molar-refractivity contribution in [1.82, 2.24) is 4.90 Å². The van der Waals surface area contributed by atoms with Gasteiger partial charge in [0.2, 0.25) is 0 Å². The van der Waals surface area contributed by atoms with Gasteiger partial charge in [-0.05, 0) is 67.9 Å². The lowest BCUT2D eigenvalue weighted by Gasteiger charge is -2.33. The van der Waals surface area contributed by atoms with E-state index in [1.807, 2.05) is 30.3 Å². The number of Topliss-reactive ketones (excluding diaryl/α,β-unsaturated/α-hetero) is 1. The van der Waals surface area contributed by atoms with E-state index in [0.29, 0.717) is 55.0 Å². The molecule has 0 saturated carbocycles. The van der Waals surface area contributed by atoms with Gasteiger partial charge < -0.3 is 14.4 Å². The maximum absolute atomic E-state index is 13.1. The van der Waals surface area contributed by atoms with Crippen molar-refractivity contribution < 1.29 is 19.8 Å². The van der Waals surface area contributed by atoms with Gasteiger partial charge in [0.15, 0.2) is 17.3 Å². The monoisotopic (exact) mass is 383 g/mol. The molecule has 2 aliphatic rings. The topological polar surface area (TPSA) is 38.8 Å². The maximum atomic E-state index is 13.1. The highest BCUT2D eigenvalue weighted by Gasteiger charge is 2.34. The van der Waals surface area contributed by atoms with Gasteiger partial charge in [0.05, 0.1) is 14.2 Å². The van der Waals surface area contributed by atoms with Gasteiger partial charge in [-0.15, -0.1) is 0 Å². The van der Waals surface area contributed by atoms with Crippen LogP contribution in [0.15, 0.2) is 42.5 Å². The zero-order chi connectivity index (χ0) is 23.1. The number of hydrogen-bond acceptors (Lipinski definition) is 4. The standard InChI is InChI=1S/C24H29NO3/c1-27-22-14-19-13-20(24(26)21(19)15-23(22)28-2)16-25-10-8-18(9-11-25)12-17-6-4-3-5-7-17/h3-7,14-15,18,20H,8-13,16H2,1-2H3/i12D2,16D2. The molecule has 4 heteroatoms. The van der Waals surface area contributed by atoms with Crippen molar-refractivity contribution >= 4 is 5.78 Å². The van der Waals surface area contributed by atoms with Crippen LogP contribution in [0.4, 0.5) is 0 Å². The lowest BCUT2D eigenvalue weighted by Crippen LogP contribution is -2.38. The van der Waals surface area contributed by atoms with Crippen molar-refractivity contribution in [2.24, 2.45) is 11.8 Å². The molecule has 0 N–H and O–H groups in total. The lowest BCUT2D eigenvalue weighted by molar-refractivity contribution is 0.0874. The number of piperidine rings is 1. The number of ether oxygens (including phenoxy) is 2. The van der Waals surface area contributed by atoms with Crippen LogP contribution in [-0.2, 0) is 12.8 Å². The van der Waals surface area contributed by atoms with Crippen LogP contribution in [-0.4, -0.2) is 44.5 Å². The number of rotatable bonds is 6. The summed E-state index contributed by atoms with van der Waals surface area (Å²) in [6.45, 7) is -0.992. The number of benzene rings is 2. The third-order valence-electron chi connectivity index (χ3n) is 5.59. The summed E-state index contributed by atoms with van der Waals surface area (Å²) >= 11 is 0. The Kier molecular flexibility index (Phi) is 4.37. The van der Waals surface area contributed by atoms with Crippen molar-refractivity contribution in [2.75, 3.05) is 33.8 Å². The average molecular weight is 384 g/mol. The predicted molar refractivity (Wildman–Crippen MR) is 110 cm³/mol. The van der Waals surface area contributed by atoms with Gasteiger partial charge in [-0.2, -0.15) is 0 Å². The first kappa shape index (κ1) is 14.6. The van der Waals surface area contributed by atoms with Crippen LogP contribution in [0, 0.1) is 11.8 Å². The van der Waals surface area contributed by atoms with E-state index in [1.165, 1.54) is 14.2 Å². The molecule has 28 heavy (non-hydrogen) atoms. The van der Waals surface area contributed by atoms with Gasteiger partial charge >= 0.3 is 0 Å². The smallest absolute Gasteiger partial charge is 0.167 e. The highest BCUT2D eigenvalue weighted by molar-refractivity contribution is 6.03. The number of ketones is 1. The molecule has 148 valence electrons. The normalized spacial score (nSPS) is 23.4. The zero-order valence-corrected chi connectivity index (χ0v) is 16.4. The molecule has 1 aliphatic carbocycles. The van der Waals surface area contributed by atoms with Gasteiger partial charge in [0.25, 0.3) is 0 Å². The van der Waals surface area contributed by atoms with Crippen molar-refractivity contribution in [1.29, 1.82) is 0 Å². The van der Waals surface area contributed by atoms with E-state index < -0.39 is 18.8 Å². The largest absolute Gasteiger partial charge is 0.493 e. The summed E-state index contributed by atoms with van der Waals surface area (Å²) < 4.78 is 45.5. The first-order chi connectivity index (χ1) is 15.2. The van der Waals surface area contributed by atoms with Gasteiger partial charge in [0, 0.05) is 23.5 Å². The van der Waals surface area contributed by atoms with Crippen LogP contribution >= 0.6 is 0 Å². The van der Waals surface area contributed by atoms with Gasteiger partial charge in [-0.25, -0.2) is 0 Å². The Balaban J connectivity index is 1.48. The molecule has 2 aromatic carbocycles. The Hall–Kier alpha value is -2.33. The summed E-state index contributed by atoms with van der Waals surface area (Å²) in [4.78, 5) is 14.9. The molecule has 0 bridgehead atoms. The number of methoxy groups -OCH3 is 2. The van der Waals surface area contributed by atoms with E-state index >= 15 is 0 Å². The number of carbonyl (C=O) groups is 1. The molecule has 2 aromatic rings. The molecule has 0 amide bonds. The van der Waals surface area contributed by atoms with Gasteiger partial charge in [-0.1, -0.05) is 30.3 Å². The molecule has 4 nitrogen and oxygen atoms in total.